The molecule has 88 valence electrons. The summed E-state index contributed by atoms with van der Waals surface area (Å²) in [4.78, 5) is 11.0. The Hall–Kier alpha value is -1.29. The number of rotatable bonds is 3. The van der Waals surface area contributed by atoms with E-state index in [1.54, 1.807) is 0 Å². The Morgan fingerprint density at radius 1 is 1.56 bits per heavy atom. The van der Waals surface area contributed by atoms with Gasteiger partial charge in [-0.1, -0.05) is 0 Å². The predicted octanol–water partition coefficient (Wildman–Crippen LogP) is 1.52. The zero-order valence-corrected chi connectivity index (χ0v) is 9.75. The highest BCUT2D eigenvalue weighted by molar-refractivity contribution is 5.76. The third-order valence-corrected chi connectivity index (χ3v) is 2.94. The third-order valence-electron chi connectivity index (χ3n) is 2.94. The van der Waals surface area contributed by atoms with Gasteiger partial charge in [0.1, 0.15) is 11.5 Å². The summed E-state index contributed by atoms with van der Waals surface area (Å²) in [6.07, 6.45) is 1.51. The topological polar surface area (TPSA) is 54.3 Å². The Labute approximate surface area is 95.4 Å². The molecule has 1 saturated heterocycles. The Balaban J connectivity index is 1.87. The van der Waals surface area contributed by atoms with Gasteiger partial charge in [0, 0.05) is 19.0 Å². The first kappa shape index (κ1) is 11.2. The van der Waals surface area contributed by atoms with E-state index in [4.69, 9.17) is 4.42 Å². The monoisotopic (exact) mass is 222 g/mol. The summed E-state index contributed by atoms with van der Waals surface area (Å²) in [6.45, 7) is 4.73. The second-order valence-electron chi connectivity index (χ2n) is 4.38. The van der Waals surface area contributed by atoms with E-state index in [2.05, 4.69) is 17.6 Å². The van der Waals surface area contributed by atoms with Gasteiger partial charge in [0.15, 0.2) is 0 Å². The number of hydrogen-bond acceptors (Lipinski definition) is 3. The van der Waals surface area contributed by atoms with Crippen LogP contribution >= 0.6 is 0 Å². The lowest BCUT2D eigenvalue weighted by molar-refractivity contribution is -0.122. The van der Waals surface area contributed by atoms with Crippen molar-refractivity contribution in [3.05, 3.63) is 23.7 Å². The molecule has 2 rings (SSSR count). The second kappa shape index (κ2) is 4.70. The maximum absolute atomic E-state index is 11.0. The Kier molecular flexibility index (Phi) is 3.29. The van der Waals surface area contributed by atoms with Crippen molar-refractivity contribution in [2.45, 2.75) is 38.8 Å². The molecule has 2 heterocycles. The lowest BCUT2D eigenvalue weighted by Gasteiger charge is -2.26. The van der Waals surface area contributed by atoms with E-state index in [0.29, 0.717) is 19.0 Å². The zero-order valence-electron chi connectivity index (χ0n) is 9.75. The van der Waals surface area contributed by atoms with Gasteiger partial charge < -0.3 is 15.1 Å². The molecule has 0 radical (unpaired) electrons. The van der Waals surface area contributed by atoms with Gasteiger partial charge in [-0.15, -0.1) is 0 Å². The summed E-state index contributed by atoms with van der Waals surface area (Å²) >= 11 is 0. The van der Waals surface area contributed by atoms with Gasteiger partial charge in [-0.05, 0) is 32.4 Å². The standard InChI is InChI=1S/C12H18N2O2/c1-8-3-5-11(16-8)9(2)14-10-4-6-12(15)13-7-10/h3,5,9-10,14H,4,6-7H2,1-2H3,(H,13,15). The molecular weight excluding hydrogens is 204 g/mol. The summed E-state index contributed by atoms with van der Waals surface area (Å²) < 4.78 is 5.56. The van der Waals surface area contributed by atoms with Gasteiger partial charge >= 0.3 is 0 Å². The van der Waals surface area contributed by atoms with Gasteiger partial charge in [0.05, 0.1) is 6.04 Å². The largest absolute Gasteiger partial charge is 0.465 e. The van der Waals surface area contributed by atoms with Crippen LogP contribution < -0.4 is 10.6 Å². The first-order valence-corrected chi connectivity index (χ1v) is 5.74. The van der Waals surface area contributed by atoms with E-state index >= 15 is 0 Å². The second-order valence-corrected chi connectivity index (χ2v) is 4.38. The quantitative estimate of drug-likeness (QED) is 0.815. The van der Waals surface area contributed by atoms with Crippen LogP contribution in [0.1, 0.15) is 37.3 Å². The molecule has 4 heteroatoms. The van der Waals surface area contributed by atoms with Gasteiger partial charge in [0.25, 0.3) is 0 Å². The molecule has 2 unspecified atom stereocenters. The Morgan fingerprint density at radius 3 is 2.94 bits per heavy atom. The van der Waals surface area contributed by atoms with Crippen LogP contribution in [0.3, 0.4) is 0 Å². The van der Waals surface area contributed by atoms with Gasteiger partial charge in [0.2, 0.25) is 5.91 Å². The molecule has 1 aromatic rings. The lowest BCUT2D eigenvalue weighted by Crippen LogP contribution is -2.46. The molecule has 1 aliphatic rings. The molecule has 4 nitrogen and oxygen atoms in total. The number of carbonyl (C=O) groups excluding carboxylic acids is 1. The van der Waals surface area contributed by atoms with Crippen LogP contribution in [0.5, 0.6) is 0 Å². The van der Waals surface area contributed by atoms with E-state index in [1.807, 2.05) is 19.1 Å². The van der Waals surface area contributed by atoms with E-state index in [0.717, 1.165) is 17.9 Å². The maximum Gasteiger partial charge on any atom is 0.220 e. The van der Waals surface area contributed by atoms with Crippen molar-refractivity contribution in [3.8, 4) is 0 Å². The molecule has 16 heavy (non-hydrogen) atoms. The average molecular weight is 222 g/mol. The molecule has 1 aromatic heterocycles. The van der Waals surface area contributed by atoms with E-state index in [1.165, 1.54) is 0 Å². The van der Waals surface area contributed by atoms with Crippen molar-refractivity contribution < 1.29 is 9.21 Å². The van der Waals surface area contributed by atoms with E-state index in [-0.39, 0.29) is 11.9 Å². The first-order valence-electron chi connectivity index (χ1n) is 5.74. The molecule has 2 N–H and O–H groups in total. The molecule has 0 aliphatic carbocycles. The highest BCUT2D eigenvalue weighted by atomic mass is 16.3. The lowest BCUT2D eigenvalue weighted by atomic mass is 10.1. The summed E-state index contributed by atoms with van der Waals surface area (Å²) in [5.74, 6) is 2.04. The molecule has 0 bridgehead atoms. The number of nitrogens with one attached hydrogen (secondary N) is 2. The number of carbonyl (C=O) groups is 1. The molecule has 1 fully saturated rings. The third kappa shape index (κ3) is 2.64. The molecule has 1 aliphatic heterocycles. The highest BCUT2D eigenvalue weighted by Gasteiger charge is 2.20. The molecule has 1 amide bonds. The fourth-order valence-electron chi connectivity index (χ4n) is 2.00. The van der Waals surface area contributed by atoms with Crippen molar-refractivity contribution >= 4 is 5.91 Å². The Bertz CT molecular complexity index is 363. The van der Waals surface area contributed by atoms with E-state index in [9.17, 15) is 4.79 Å². The van der Waals surface area contributed by atoms with Gasteiger partial charge in [-0.3, -0.25) is 4.79 Å². The molecule has 0 spiro atoms. The average Bonchev–Trinajstić information content (AvgIpc) is 2.68. The zero-order chi connectivity index (χ0) is 11.5. The van der Waals surface area contributed by atoms with Crippen molar-refractivity contribution in [1.82, 2.24) is 10.6 Å². The van der Waals surface area contributed by atoms with E-state index < -0.39 is 0 Å². The smallest absolute Gasteiger partial charge is 0.220 e. The predicted molar refractivity (Wildman–Crippen MR) is 61.0 cm³/mol. The summed E-state index contributed by atoms with van der Waals surface area (Å²) in [7, 11) is 0. The minimum absolute atomic E-state index is 0.152. The van der Waals surface area contributed by atoms with Gasteiger partial charge in [-0.2, -0.15) is 0 Å². The van der Waals surface area contributed by atoms with Crippen LogP contribution in [-0.2, 0) is 4.79 Å². The number of furan rings is 1. The van der Waals surface area contributed by atoms with Gasteiger partial charge in [-0.25, -0.2) is 0 Å². The van der Waals surface area contributed by atoms with Crippen LogP contribution in [0, 0.1) is 6.92 Å². The first-order chi connectivity index (χ1) is 7.65. The SMILES string of the molecule is Cc1ccc(C(C)NC2CCC(=O)NC2)o1. The van der Waals surface area contributed by atoms with Crippen molar-refractivity contribution in [2.24, 2.45) is 0 Å². The fraction of sp³-hybridized carbons (Fsp3) is 0.583. The minimum atomic E-state index is 0.152. The Morgan fingerprint density at radius 2 is 2.38 bits per heavy atom. The summed E-state index contributed by atoms with van der Waals surface area (Å²) in [5, 5.41) is 6.32. The normalized spacial score (nSPS) is 22.9. The number of piperidine rings is 1. The minimum Gasteiger partial charge on any atom is -0.465 e. The van der Waals surface area contributed by atoms with Crippen LogP contribution in [0.4, 0.5) is 0 Å². The number of aryl methyl sites for hydroxylation is 1. The summed E-state index contributed by atoms with van der Waals surface area (Å²) in [6, 6.07) is 4.50. The summed E-state index contributed by atoms with van der Waals surface area (Å²) in [5.41, 5.74) is 0. The van der Waals surface area contributed by atoms with Crippen molar-refractivity contribution in [1.29, 1.82) is 0 Å². The fourth-order valence-corrected chi connectivity index (χ4v) is 2.00. The van der Waals surface area contributed by atoms with Crippen molar-refractivity contribution in [3.63, 3.8) is 0 Å². The molecule has 2 atom stereocenters. The maximum atomic E-state index is 11.0. The molecule has 0 aromatic carbocycles. The highest BCUT2D eigenvalue weighted by Crippen LogP contribution is 2.17. The van der Waals surface area contributed by atoms with Crippen LogP contribution in [0.25, 0.3) is 0 Å². The molecular formula is C12H18N2O2. The van der Waals surface area contributed by atoms with Crippen molar-refractivity contribution in [2.75, 3.05) is 6.54 Å². The van der Waals surface area contributed by atoms with Crippen LogP contribution in [0.15, 0.2) is 16.5 Å². The van der Waals surface area contributed by atoms with Crippen LogP contribution in [0.2, 0.25) is 0 Å². The number of hydrogen-bond donors (Lipinski definition) is 2. The number of amides is 1. The molecule has 0 saturated carbocycles. The van der Waals surface area contributed by atoms with Crippen LogP contribution in [-0.4, -0.2) is 18.5 Å².